The minimum Gasteiger partial charge on any atom is -0.375 e. The largest absolute Gasteiger partial charge is 0.375 e. The van der Waals surface area contributed by atoms with Gasteiger partial charge in [-0.15, -0.1) is 0 Å². The number of nitrogens with zero attached hydrogens (tertiary/aromatic N) is 3. The van der Waals surface area contributed by atoms with Gasteiger partial charge >= 0.3 is 6.03 Å². The normalized spacial score (nSPS) is 27.9. The van der Waals surface area contributed by atoms with Crippen molar-refractivity contribution in [2.24, 2.45) is 10.7 Å². The predicted molar refractivity (Wildman–Crippen MR) is 84.9 cm³/mol. The van der Waals surface area contributed by atoms with Crippen molar-refractivity contribution >= 4 is 17.9 Å². The van der Waals surface area contributed by atoms with Crippen LogP contribution in [0, 0.1) is 0 Å². The summed E-state index contributed by atoms with van der Waals surface area (Å²) in [5, 5.41) is 2.87. The number of ether oxygens (including phenoxy) is 1. The Morgan fingerprint density at radius 1 is 1.43 bits per heavy atom. The van der Waals surface area contributed by atoms with Crippen LogP contribution in [0.1, 0.15) is 32.6 Å². The summed E-state index contributed by atoms with van der Waals surface area (Å²) in [6.45, 7) is 4.65. The first-order valence-corrected chi connectivity index (χ1v) is 8.32. The van der Waals surface area contributed by atoms with Crippen LogP contribution in [0.25, 0.3) is 0 Å². The summed E-state index contributed by atoms with van der Waals surface area (Å²) in [4.78, 5) is 32.1. The lowest BCUT2D eigenvalue weighted by Gasteiger charge is -2.31. The number of urea groups is 1. The monoisotopic (exact) mass is 323 g/mol. The van der Waals surface area contributed by atoms with Crippen LogP contribution in [0.3, 0.4) is 0 Å². The molecule has 1 spiro atoms. The van der Waals surface area contributed by atoms with Crippen LogP contribution in [0.2, 0.25) is 0 Å². The number of nitrogens with two attached hydrogens (primary N) is 1. The Hall–Kier alpha value is -1.83. The zero-order valence-electron chi connectivity index (χ0n) is 13.6. The number of aliphatic imine (C=N–C) groups is 1. The van der Waals surface area contributed by atoms with Gasteiger partial charge in [0, 0.05) is 13.1 Å². The van der Waals surface area contributed by atoms with E-state index in [1.54, 1.807) is 0 Å². The van der Waals surface area contributed by atoms with E-state index in [1.165, 1.54) is 4.90 Å². The smallest absolute Gasteiger partial charge is 0.325 e. The summed E-state index contributed by atoms with van der Waals surface area (Å²) in [6.07, 6.45) is 3.59. The molecule has 2 aliphatic heterocycles. The van der Waals surface area contributed by atoms with Crippen molar-refractivity contribution < 1.29 is 14.3 Å². The summed E-state index contributed by atoms with van der Waals surface area (Å²) < 4.78 is 5.47. The highest BCUT2D eigenvalue weighted by Gasteiger charge is 2.52. The Balaban J connectivity index is 1.54. The van der Waals surface area contributed by atoms with Crippen LogP contribution < -0.4 is 11.1 Å². The van der Waals surface area contributed by atoms with Gasteiger partial charge in [0.15, 0.2) is 5.96 Å². The molecule has 3 amide bonds. The van der Waals surface area contributed by atoms with Gasteiger partial charge in [0.05, 0.1) is 25.8 Å². The van der Waals surface area contributed by atoms with E-state index >= 15 is 0 Å². The molecular formula is C15H25N5O3. The quantitative estimate of drug-likeness (QED) is 0.429. The van der Waals surface area contributed by atoms with E-state index in [4.69, 9.17) is 10.5 Å². The molecule has 1 unspecified atom stereocenters. The molecule has 8 nitrogen and oxygen atoms in total. The molecular weight excluding hydrogens is 298 g/mol. The van der Waals surface area contributed by atoms with Crippen molar-refractivity contribution in [2.45, 2.75) is 44.2 Å². The highest BCUT2D eigenvalue weighted by Crippen LogP contribution is 2.34. The lowest BCUT2D eigenvalue weighted by molar-refractivity contribution is -0.131. The Bertz CT molecular complexity index is 515. The Kier molecular flexibility index (Phi) is 4.43. The summed E-state index contributed by atoms with van der Waals surface area (Å²) in [6, 6.07) is -0.300. The van der Waals surface area contributed by atoms with Gasteiger partial charge in [-0.25, -0.2) is 4.79 Å². The van der Waals surface area contributed by atoms with Gasteiger partial charge in [0.25, 0.3) is 5.91 Å². The molecule has 3 rings (SSSR count). The van der Waals surface area contributed by atoms with E-state index in [1.807, 2.05) is 11.8 Å². The first-order valence-electron chi connectivity index (χ1n) is 8.32. The fourth-order valence-corrected chi connectivity index (χ4v) is 3.59. The second-order valence-corrected chi connectivity index (χ2v) is 6.54. The van der Waals surface area contributed by atoms with E-state index in [9.17, 15) is 9.59 Å². The molecule has 2 saturated heterocycles. The van der Waals surface area contributed by atoms with Crippen molar-refractivity contribution in [3.05, 3.63) is 0 Å². The topological polar surface area (TPSA) is 100 Å². The number of rotatable bonds is 3. The second-order valence-electron chi connectivity index (χ2n) is 6.54. The van der Waals surface area contributed by atoms with Crippen molar-refractivity contribution in [3.8, 4) is 0 Å². The van der Waals surface area contributed by atoms with Crippen molar-refractivity contribution in [1.82, 2.24) is 15.1 Å². The van der Waals surface area contributed by atoms with Gasteiger partial charge in [0.2, 0.25) is 0 Å². The zero-order chi connectivity index (χ0) is 16.4. The molecule has 0 bridgehead atoms. The average Bonchev–Trinajstić information content (AvgIpc) is 3.08. The third kappa shape index (κ3) is 3.12. The van der Waals surface area contributed by atoms with Gasteiger partial charge in [-0.1, -0.05) is 12.8 Å². The van der Waals surface area contributed by atoms with E-state index in [0.717, 1.165) is 25.7 Å². The maximum Gasteiger partial charge on any atom is 0.325 e. The minimum absolute atomic E-state index is 0.103. The molecule has 1 atom stereocenters. The SMILES string of the molecule is CC1CN(C(N)=NCCN2C(=O)NC3(CCCC3)C2=O)CCO1. The molecule has 0 radical (unpaired) electrons. The Labute approximate surface area is 136 Å². The summed E-state index contributed by atoms with van der Waals surface area (Å²) >= 11 is 0. The average molecular weight is 323 g/mol. The van der Waals surface area contributed by atoms with Gasteiger partial charge in [0.1, 0.15) is 5.54 Å². The Morgan fingerprint density at radius 2 is 2.17 bits per heavy atom. The van der Waals surface area contributed by atoms with E-state index in [2.05, 4.69) is 10.3 Å². The van der Waals surface area contributed by atoms with Crippen LogP contribution in [0.4, 0.5) is 4.79 Å². The minimum atomic E-state index is -0.647. The molecule has 0 aromatic rings. The van der Waals surface area contributed by atoms with Crippen molar-refractivity contribution in [3.63, 3.8) is 0 Å². The fraction of sp³-hybridized carbons (Fsp3) is 0.800. The van der Waals surface area contributed by atoms with Gasteiger partial charge in [-0.05, 0) is 19.8 Å². The van der Waals surface area contributed by atoms with Gasteiger partial charge in [-0.3, -0.25) is 14.7 Å². The molecule has 1 saturated carbocycles. The Morgan fingerprint density at radius 3 is 2.87 bits per heavy atom. The third-order valence-corrected chi connectivity index (χ3v) is 4.87. The number of amides is 3. The number of hydrogen-bond acceptors (Lipinski definition) is 4. The standard InChI is InChI=1S/C15H25N5O3/c1-11-10-19(8-9-23-11)13(16)17-6-7-20-12(21)15(18-14(20)22)4-2-3-5-15/h11H,2-10H2,1H3,(H2,16,17)(H,18,22). The van der Waals surface area contributed by atoms with Crippen LogP contribution in [0.5, 0.6) is 0 Å². The lowest BCUT2D eigenvalue weighted by Crippen LogP contribution is -2.48. The molecule has 0 aromatic carbocycles. The van der Waals surface area contributed by atoms with E-state index in [0.29, 0.717) is 32.2 Å². The third-order valence-electron chi connectivity index (χ3n) is 4.87. The van der Waals surface area contributed by atoms with Crippen molar-refractivity contribution in [2.75, 3.05) is 32.8 Å². The van der Waals surface area contributed by atoms with E-state index in [-0.39, 0.29) is 24.6 Å². The summed E-state index contributed by atoms with van der Waals surface area (Å²) in [7, 11) is 0. The molecule has 0 aromatic heterocycles. The summed E-state index contributed by atoms with van der Waals surface area (Å²) in [5.74, 6) is 0.344. The number of guanidine groups is 1. The molecule has 3 aliphatic rings. The van der Waals surface area contributed by atoms with Crippen LogP contribution >= 0.6 is 0 Å². The summed E-state index contributed by atoms with van der Waals surface area (Å²) in [5.41, 5.74) is 5.35. The zero-order valence-corrected chi connectivity index (χ0v) is 13.6. The number of nitrogens with one attached hydrogen (secondary N) is 1. The van der Waals surface area contributed by atoms with E-state index < -0.39 is 5.54 Å². The number of carbonyl (C=O) groups is 2. The molecule has 3 N–H and O–H groups in total. The number of imide groups is 1. The highest BCUT2D eigenvalue weighted by atomic mass is 16.5. The number of hydrogen-bond donors (Lipinski definition) is 2. The van der Waals surface area contributed by atoms with Crippen molar-refractivity contribution in [1.29, 1.82) is 0 Å². The van der Waals surface area contributed by atoms with Crippen LogP contribution in [-0.4, -0.2) is 72.1 Å². The molecule has 23 heavy (non-hydrogen) atoms. The maximum absolute atomic E-state index is 12.5. The predicted octanol–water partition coefficient (Wildman–Crippen LogP) is -0.114. The molecule has 128 valence electrons. The lowest BCUT2D eigenvalue weighted by atomic mass is 9.98. The molecule has 8 heteroatoms. The first kappa shape index (κ1) is 16.0. The first-order chi connectivity index (χ1) is 11.0. The highest BCUT2D eigenvalue weighted by molar-refractivity contribution is 6.07. The van der Waals surface area contributed by atoms with Crippen LogP contribution in [-0.2, 0) is 9.53 Å². The molecule has 2 heterocycles. The molecule has 3 fully saturated rings. The maximum atomic E-state index is 12.5. The van der Waals surface area contributed by atoms with Crippen LogP contribution in [0.15, 0.2) is 4.99 Å². The number of morpholine rings is 1. The van der Waals surface area contributed by atoms with Gasteiger partial charge < -0.3 is 20.7 Å². The molecule has 1 aliphatic carbocycles. The van der Waals surface area contributed by atoms with Gasteiger partial charge in [-0.2, -0.15) is 0 Å². The number of carbonyl (C=O) groups excluding carboxylic acids is 2. The fourth-order valence-electron chi connectivity index (χ4n) is 3.59. The second kappa shape index (κ2) is 6.35.